The van der Waals surface area contributed by atoms with Gasteiger partial charge in [-0.05, 0) is 37.0 Å². The summed E-state index contributed by atoms with van der Waals surface area (Å²) in [6.45, 7) is 2.39. The number of anilines is 1. The van der Waals surface area contributed by atoms with Gasteiger partial charge in [-0.25, -0.2) is 0 Å². The van der Waals surface area contributed by atoms with Gasteiger partial charge in [0.05, 0.1) is 0 Å². The monoisotopic (exact) mass is 193 g/mol. The average molecular weight is 193 g/mol. The molecule has 0 amide bonds. The number of rotatable bonds is 4. The van der Waals surface area contributed by atoms with Crippen molar-refractivity contribution in [3.63, 3.8) is 0 Å². The van der Waals surface area contributed by atoms with Crippen LogP contribution >= 0.6 is 0 Å². The molecule has 0 radical (unpaired) electrons. The van der Waals surface area contributed by atoms with Gasteiger partial charge in [0, 0.05) is 26.4 Å². The largest absolute Gasteiger partial charge is 0.396 e. The average Bonchev–Trinajstić information content (AvgIpc) is 2.15. The van der Waals surface area contributed by atoms with Crippen LogP contribution in [-0.4, -0.2) is 25.8 Å². The van der Waals surface area contributed by atoms with E-state index in [4.69, 9.17) is 5.11 Å². The molecule has 0 unspecified atom stereocenters. The highest BCUT2D eigenvalue weighted by Crippen LogP contribution is 2.23. The molecule has 14 heavy (non-hydrogen) atoms. The Morgan fingerprint density at radius 3 is 2.57 bits per heavy atom. The summed E-state index contributed by atoms with van der Waals surface area (Å²) < 4.78 is 0. The van der Waals surface area contributed by atoms with E-state index < -0.39 is 0 Å². The normalized spacial score (nSPS) is 10.3. The first-order valence-electron chi connectivity index (χ1n) is 5.03. The van der Waals surface area contributed by atoms with Crippen LogP contribution in [-0.2, 0) is 6.42 Å². The van der Waals surface area contributed by atoms with Crippen molar-refractivity contribution in [3.05, 3.63) is 29.3 Å². The molecule has 0 aliphatic heterocycles. The highest BCUT2D eigenvalue weighted by atomic mass is 16.2. The summed E-state index contributed by atoms with van der Waals surface area (Å²) in [5, 5.41) is 8.83. The van der Waals surface area contributed by atoms with Crippen LogP contribution < -0.4 is 4.90 Å². The molecule has 78 valence electrons. The van der Waals surface area contributed by atoms with Gasteiger partial charge in [0.25, 0.3) is 0 Å². The molecule has 0 aliphatic rings. The van der Waals surface area contributed by atoms with Crippen molar-refractivity contribution in [1.82, 2.24) is 0 Å². The van der Waals surface area contributed by atoms with Crippen LogP contribution in [0, 0.1) is 6.92 Å². The fraction of sp³-hybridized carbons (Fsp3) is 0.500. The lowest BCUT2D eigenvalue weighted by atomic mass is 10.0. The molecular weight excluding hydrogens is 174 g/mol. The third-order valence-electron chi connectivity index (χ3n) is 2.45. The molecule has 1 rings (SSSR count). The Labute approximate surface area is 86.2 Å². The summed E-state index contributed by atoms with van der Waals surface area (Å²) in [6, 6.07) is 6.33. The van der Waals surface area contributed by atoms with Gasteiger partial charge in [-0.3, -0.25) is 0 Å². The molecule has 0 saturated heterocycles. The minimum absolute atomic E-state index is 0.265. The molecule has 0 spiro atoms. The van der Waals surface area contributed by atoms with Crippen molar-refractivity contribution < 1.29 is 5.11 Å². The van der Waals surface area contributed by atoms with Gasteiger partial charge < -0.3 is 10.0 Å². The highest BCUT2D eigenvalue weighted by Gasteiger charge is 2.06. The standard InChI is InChI=1S/C12H19NO/c1-10-6-4-8-12(13(2)3)11(10)7-5-9-14/h4,6,8,14H,5,7,9H2,1-3H3. The van der Waals surface area contributed by atoms with Crippen LogP contribution in [0.25, 0.3) is 0 Å². The Kier molecular flexibility index (Phi) is 3.96. The van der Waals surface area contributed by atoms with Crippen molar-refractivity contribution in [2.45, 2.75) is 19.8 Å². The first-order valence-corrected chi connectivity index (χ1v) is 5.03. The quantitative estimate of drug-likeness (QED) is 0.790. The highest BCUT2D eigenvalue weighted by molar-refractivity contribution is 5.55. The smallest absolute Gasteiger partial charge is 0.0434 e. The summed E-state index contributed by atoms with van der Waals surface area (Å²) >= 11 is 0. The fourth-order valence-electron chi connectivity index (χ4n) is 1.69. The summed E-state index contributed by atoms with van der Waals surface area (Å²) in [5.74, 6) is 0. The second-order valence-electron chi connectivity index (χ2n) is 3.79. The summed E-state index contributed by atoms with van der Waals surface area (Å²) in [4.78, 5) is 2.12. The molecule has 0 heterocycles. The van der Waals surface area contributed by atoms with Gasteiger partial charge >= 0.3 is 0 Å². The Bertz CT molecular complexity index is 294. The molecule has 1 N–H and O–H groups in total. The number of aliphatic hydroxyl groups is 1. The predicted octanol–water partition coefficient (Wildman–Crippen LogP) is 1.99. The van der Waals surface area contributed by atoms with Crippen LogP contribution in [0.1, 0.15) is 17.5 Å². The molecule has 0 aliphatic carbocycles. The van der Waals surface area contributed by atoms with E-state index in [0.717, 1.165) is 12.8 Å². The molecule has 1 aromatic rings. The molecule has 1 aromatic carbocycles. The van der Waals surface area contributed by atoms with Gasteiger partial charge in [0.2, 0.25) is 0 Å². The van der Waals surface area contributed by atoms with Gasteiger partial charge in [0.15, 0.2) is 0 Å². The van der Waals surface area contributed by atoms with E-state index in [1.165, 1.54) is 16.8 Å². The second kappa shape index (κ2) is 5.01. The van der Waals surface area contributed by atoms with Gasteiger partial charge in [-0.1, -0.05) is 12.1 Å². The number of benzene rings is 1. The van der Waals surface area contributed by atoms with E-state index >= 15 is 0 Å². The Balaban J connectivity index is 2.96. The number of aryl methyl sites for hydroxylation is 1. The van der Waals surface area contributed by atoms with E-state index in [1.807, 2.05) is 0 Å². The fourth-order valence-corrected chi connectivity index (χ4v) is 1.69. The Hall–Kier alpha value is -1.02. The summed E-state index contributed by atoms with van der Waals surface area (Å²) in [7, 11) is 4.11. The maximum atomic E-state index is 8.83. The Morgan fingerprint density at radius 2 is 2.00 bits per heavy atom. The molecule has 0 aromatic heterocycles. The van der Waals surface area contributed by atoms with Crippen molar-refractivity contribution in [2.24, 2.45) is 0 Å². The lowest BCUT2D eigenvalue weighted by Crippen LogP contribution is -2.12. The van der Waals surface area contributed by atoms with E-state index in [9.17, 15) is 0 Å². The van der Waals surface area contributed by atoms with Crippen LogP contribution in [0.2, 0.25) is 0 Å². The predicted molar refractivity (Wildman–Crippen MR) is 60.9 cm³/mol. The zero-order chi connectivity index (χ0) is 10.6. The number of nitrogens with zero attached hydrogens (tertiary/aromatic N) is 1. The molecular formula is C12H19NO. The lowest BCUT2D eigenvalue weighted by Gasteiger charge is -2.19. The first kappa shape index (κ1) is 11.1. The molecule has 2 nitrogen and oxygen atoms in total. The maximum Gasteiger partial charge on any atom is 0.0434 e. The molecule has 0 saturated carbocycles. The van der Waals surface area contributed by atoms with Crippen molar-refractivity contribution in [1.29, 1.82) is 0 Å². The van der Waals surface area contributed by atoms with E-state index in [1.54, 1.807) is 0 Å². The van der Waals surface area contributed by atoms with Crippen molar-refractivity contribution in [3.8, 4) is 0 Å². The lowest BCUT2D eigenvalue weighted by molar-refractivity contribution is 0.288. The summed E-state index contributed by atoms with van der Waals surface area (Å²) in [5.41, 5.74) is 3.93. The zero-order valence-corrected chi connectivity index (χ0v) is 9.25. The molecule has 0 bridgehead atoms. The molecule has 0 fully saturated rings. The molecule has 2 heteroatoms. The van der Waals surface area contributed by atoms with E-state index in [-0.39, 0.29) is 6.61 Å². The SMILES string of the molecule is Cc1cccc(N(C)C)c1CCCO. The zero-order valence-electron chi connectivity index (χ0n) is 9.25. The minimum Gasteiger partial charge on any atom is -0.396 e. The Morgan fingerprint density at radius 1 is 1.29 bits per heavy atom. The number of aliphatic hydroxyl groups excluding tert-OH is 1. The van der Waals surface area contributed by atoms with Crippen LogP contribution in [0.5, 0.6) is 0 Å². The summed E-state index contributed by atoms with van der Waals surface area (Å²) in [6.07, 6.45) is 1.79. The van der Waals surface area contributed by atoms with Crippen molar-refractivity contribution >= 4 is 5.69 Å². The van der Waals surface area contributed by atoms with Gasteiger partial charge in [-0.15, -0.1) is 0 Å². The second-order valence-corrected chi connectivity index (χ2v) is 3.79. The maximum absolute atomic E-state index is 8.83. The number of hydrogen-bond acceptors (Lipinski definition) is 2. The van der Waals surface area contributed by atoms with Crippen LogP contribution in [0.15, 0.2) is 18.2 Å². The van der Waals surface area contributed by atoms with Gasteiger partial charge in [-0.2, -0.15) is 0 Å². The third-order valence-corrected chi connectivity index (χ3v) is 2.45. The van der Waals surface area contributed by atoms with E-state index in [0.29, 0.717) is 0 Å². The molecule has 0 atom stereocenters. The van der Waals surface area contributed by atoms with Crippen molar-refractivity contribution in [2.75, 3.05) is 25.6 Å². The van der Waals surface area contributed by atoms with Gasteiger partial charge in [0.1, 0.15) is 0 Å². The van der Waals surface area contributed by atoms with Crippen LogP contribution in [0.3, 0.4) is 0 Å². The van der Waals surface area contributed by atoms with Crippen LogP contribution in [0.4, 0.5) is 5.69 Å². The number of hydrogen-bond donors (Lipinski definition) is 1. The van der Waals surface area contributed by atoms with E-state index in [2.05, 4.69) is 44.1 Å². The first-order chi connectivity index (χ1) is 6.66. The third kappa shape index (κ3) is 2.48. The topological polar surface area (TPSA) is 23.5 Å². The minimum atomic E-state index is 0.265.